The number of ether oxygens (including phenoxy) is 2. The normalized spacial score (nSPS) is 20.5. The Kier molecular flexibility index (Phi) is 6.20. The fourth-order valence-electron chi connectivity index (χ4n) is 2.49. The molecule has 0 radical (unpaired) electrons. The van der Waals surface area contributed by atoms with Gasteiger partial charge >= 0.3 is 0 Å². The molecule has 1 aliphatic heterocycles. The molecule has 0 saturated heterocycles. The number of nitrogens with zero attached hydrogens (tertiary/aromatic N) is 1. The SMILES string of the molecule is C/C1=C(F)/C=N\C(OCc2ccc(OCc3ccccc3)cc2)=C\CC1. The molecule has 2 aromatic carbocycles. The summed E-state index contributed by atoms with van der Waals surface area (Å²) in [6.07, 6.45) is 4.51. The number of hydrogen-bond acceptors (Lipinski definition) is 3. The number of halogens is 1. The zero-order chi connectivity index (χ0) is 18.2. The van der Waals surface area contributed by atoms with Gasteiger partial charge in [-0.2, -0.15) is 0 Å². The minimum atomic E-state index is -0.279. The van der Waals surface area contributed by atoms with Crippen LogP contribution in [0.3, 0.4) is 0 Å². The lowest BCUT2D eigenvalue weighted by atomic mass is 10.1. The molecule has 0 aliphatic carbocycles. The van der Waals surface area contributed by atoms with Gasteiger partial charge in [0.05, 0.1) is 6.21 Å². The van der Waals surface area contributed by atoms with E-state index in [-0.39, 0.29) is 5.83 Å². The van der Waals surface area contributed by atoms with Gasteiger partial charge in [0.15, 0.2) is 0 Å². The molecule has 0 bridgehead atoms. The van der Waals surface area contributed by atoms with Gasteiger partial charge in [-0.15, -0.1) is 0 Å². The van der Waals surface area contributed by atoms with Crippen LogP contribution in [0.5, 0.6) is 5.75 Å². The lowest BCUT2D eigenvalue weighted by Gasteiger charge is -2.10. The average Bonchev–Trinajstić information content (AvgIpc) is 2.68. The Morgan fingerprint density at radius 2 is 1.62 bits per heavy atom. The van der Waals surface area contributed by atoms with E-state index in [1.54, 1.807) is 6.92 Å². The molecule has 0 unspecified atom stereocenters. The minimum Gasteiger partial charge on any atom is -0.489 e. The molecule has 0 spiro atoms. The van der Waals surface area contributed by atoms with Crippen LogP contribution in [0.1, 0.15) is 30.9 Å². The van der Waals surface area contributed by atoms with E-state index >= 15 is 0 Å². The predicted molar refractivity (Wildman–Crippen MR) is 102 cm³/mol. The van der Waals surface area contributed by atoms with Crippen molar-refractivity contribution in [3.05, 3.63) is 89.1 Å². The van der Waals surface area contributed by atoms with Crippen LogP contribution < -0.4 is 4.74 Å². The number of rotatable bonds is 6. The van der Waals surface area contributed by atoms with Gasteiger partial charge in [-0.1, -0.05) is 42.5 Å². The van der Waals surface area contributed by atoms with E-state index in [0.717, 1.165) is 28.9 Å². The van der Waals surface area contributed by atoms with Crippen LogP contribution in [0.25, 0.3) is 0 Å². The van der Waals surface area contributed by atoms with Gasteiger partial charge in [-0.25, -0.2) is 9.38 Å². The molecule has 2 aromatic rings. The standard InChI is InChI=1S/C22H22FNO2/c1-17-6-5-9-22(24-14-21(17)23)26-16-19-10-12-20(13-11-19)25-15-18-7-3-2-4-8-18/h2-4,7-14H,5-6,15-16H2,1H3/b21-17+,22-9-,24-14-. The van der Waals surface area contributed by atoms with Gasteiger partial charge < -0.3 is 9.47 Å². The van der Waals surface area contributed by atoms with Crippen LogP contribution in [-0.4, -0.2) is 6.21 Å². The number of benzene rings is 2. The van der Waals surface area contributed by atoms with Gasteiger partial charge in [-0.05, 0) is 54.7 Å². The molecule has 26 heavy (non-hydrogen) atoms. The molecule has 0 amide bonds. The lowest BCUT2D eigenvalue weighted by Crippen LogP contribution is -1.97. The molecule has 0 atom stereocenters. The molecule has 0 fully saturated rings. The third-order valence-electron chi connectivity index (χ3n) is 4.11. The quantitative estimate of drug-likeness (QED) is 0.665. The van der Waals surface area contributed by atoms with E-state index in [4.69, 9.17) is 9.47 Å². The molecule has 0 aromatic heterocycles. The molecule has 1 heterocycles. The maximum atomic E-state index is 13.6. The van der Waals surface area contributed by atoms with E-state index in [2.05, 4.69) is 4.99 Å². The molecular formula is C22H22FNO2. The van der Waals surface area contributed by atoms with Crippen LogP contribution in [0.15, 0.2) is 82.9 Å². The summed E-state index contributed by atoms with van der Waals surface area (Å²) in [6, 6.07) is 17.8. The van der Waals surface area contributed by atoms with Crippen LogP contribution in [-0.2, 0) is 18.0 Å². The molecule has 134 valence electrons. The molecular weight excluding hydrogens is 329 g/mol. The molecule has 1 aliphatic rings. The van der Waals surface area contributed by atoms with E-state index in [1.165, 1.54) is 6.21 Å². The lowest BCUT2D eigenvalue weighted by molar-refractivity contribution is 0.195. The summed E-state index contributed by atoms with van der Waals surface area (Å²) in [5.74, 6) is 0.986. The summed E-state index contributed by atoms with van der Waals surface area (Å²) in [7, 11) is 0. The average molecular weight is 351 g/mol. The maximum absolute atomic E-state index is 13.6. The van der Waals surface area contributed by atoms with Crippen molar-refractivity contribution in [2.24, 2.45) is 4.99 Å². The number of allylic oxidation sites excluding steroid dienone is 3. The van der Waals surface area contributed by atoms with Gasteiger partial charge in [-0.3, -0.25) is 0 Å². The van der Waals surface area contributed by atoms with Crippen molar-refractivity contribution >= 4 is 6.21 Å². The van der Waals surface area contributed by atoms with Crippen LogP contribution in [0, 0.1) is 0 Å². The monoisotopic (exact) mass is 351 g/mol. The Hall–Kier alpha value is -2.88. The minimum absolute atomic E-state index is 0.279. The maximum Gasteiger partial charge on any atom is 0.209 e. The third-order valence-corrected chi connectivity index (χ3v) is 4.11. The summed E-state index contributed by atoms with van der Waals surface area (Å²) in [5, 5.41) is 0. The number of hydrogen-bond donors (Lipinski definition) is 0. The Labute approximate surface area is 153 Å². The van der Waals surface area contributed by atoms with Crippen molar-refractivity contribution < 1.29 is 13.9 Å². The van der Waals surface area contributed by atoms with E-state index in [9.17, 15) is 4.39 Å². The first-order valence-corrected chi connectivity index (χ1v) is 8.68. The Bertz CT molecular complexity index is 808. The molecule has 3 rings (SSSR count). The smallest absolute Gasteiger partial charge is 0.209 e. The zero-order valence-electron chi connectivity index (χ0n) is 14.8. The van der Waals surface area contributed by atoms with Gasteiger partial charge in [0.1, 0.15) is 24.8 Å². The van der Waals surface area contributed by atoms with Gasteiger partial charge in [0, 0.05) is 0 Å². The van der Waals surface area contributed by atoms with Crippen molar-refractivity contribution in [3.8, 4) is 5.75 Å². The second kappa shape index (κ2) is 8.99. The molecule has 0 saturated carbocycles. The Morgan fingerprint density at radius 1 is 0.923 bits per heavy atom. The summed E-state index contributed by atoms with van der Waals surface area (Å²) < 4.78 is 25.1. The Balaban J connectivity index is 1.51. The second-order valence-corrected chi connectivity index (χ2v) is 6.17. The highest BCUT2D eigenvalue weighted by atomic mass is 19.1. The highest BCUT2D eigenvalue weighted by molar-refractivity contribution is 5.77. The molecule has 0 N–H and O–H groups in total. The van der Waals surface area contributed by atoms with Crippen molar-refractivity contribution in [2.45, 2.75) is 33.0 Å². The van der Waals surface area contributed by atoms with Crippen LogP contribution in [0.4, 0.5) is 4.39 Å². The summed E-state index contributed by atoms with van der Waals surface area (Å²) in [6.45, 7) is 2.70. The summed E-state index contributed by atoms with van der Waals surface area (Å²) in [5.41, 5.74) is 2.85. The van der Waals surface area contributed by atoms with E-state index in [0.29, 0.717) is 25.5 Å². The van der Waals surface area contributed by atoms with Gasteiger partial charge in [0.2, 0.25) is 5.88 Å². The van der Waals surface area contributed by atoms with E-state index in [1.807, 2.05) is 60.7 Å². The summed E-state index contributed by atoms with van der Waals surface area (Å²) in [4.78, 5) is 4.07. The first-order valence-electron chi connectivity index (χ1n) is 8.68. The fraction of sp³-hybridized carbons (Fsp3) is 0.227. The first kappa shape index (κ1) is 17.9. The largest absolute Gasteiger partial charge is 0.489 e. The van der Waals surface area contributed by atoms with E-state index < -0.39 is 0 Å². The van der Waals surface area contributed by atoms with Crippen LogP contribution >= 0.6 is 0 Å². The van der Waals surface area contributed by atoms with Crippen molar-refractivity contribution in [1.29, 1.82) is 0 Å². The predicted octanol–water partition coefficient (Wildman–Crippen LogP) is 5.73. The third kappa shape index (κ3) is 5.31. The molecule has 4 heteroatoms. The Morgan fingerprint density at radius 3 is 2.38 bits per heavy atom. The van der Waals surface area contributed by atoms with Gasteiger partial charge in [0.25, 0.3) is 0 Å². The molecule has 3 nitrogen and oxygen atoms in total. The first-order chi connectivity index (χ1) is 12.7. The highest BCUT2D eigenvalue weighted by Crippen LogP contribution is 2.19. The highest BCUT2D eigenvalue weighted by Gasteiger charge is 2.05. The number of aliphatic imine (C=N–C) groups is 1. The second-order valence-electron chi connectivity index (χ2n) is 6.17. The zero-order valence-corrected chi connectivity index (χ0v) is 14.8. The van der Waals surface area contributed by atoms with Crippen LogP contribution in [0.2, 0.25) is 0 Å². The van der Waals surface area contributed by atoms with Crippen molar-refractivity contribution in [1.82, 2.24) is 0 Å². The topological polar surface area (TPSA) is 30.8 Å². The summed E-state index contributed by atoms with van der Waals surface area (Å²) >= 11 is 0. The fourth-order valence-corrected chi connectivity index (χ4v) is 2.49. The van der Waals surface area contributed by atoms with Crippen molar-refractivity contribution in [2.75, 3.05) is 0 Å². The van der Waals surface area contributed by atoms with Crippen molar-refractivity contribution in [3.63, 3.8) is 0 Å².